The Hall–Kier alpha value is -0.670. The van der Waals surface area contributed by atoms with E-state index in [1.807, 2.05) is 24.3 Å². The fourth-order valence-corrected chi connectivity index (χ4v) is 4.12. The summed E-state index contributed by atoms with van der Waals surface area (Å²) < 4.78 is 26.3. The number of hydrogen-bond acceptors (Lipinski definition) is 3. The Kier molecular flexibility index (Phi) is 5.61. The number of halogens is 1. The highest BCUT2D eigenvalue weighted by molar-refractivity contribution is 14.1. The van der Waals surface area contributed by atoms with E-state index in [4.69, 9.17) is 0 Å². The molecule has 7 heteroatoms. The zero-order chi connectivity index (χ0) is 15.5. The van der Waals surface area contributed by atoms with E-state index < -0.39 is 10.0 Å². The lowest BCUT2D eigenvalue weighted by Crippen LogP contribution is -2.44. The van der Waals surface area contributed by atoms with Gasteiger partial charge in [-0.3, -0.25) is 4.79 Å². The van der Waals surface area contributed by atoms with Crippen LogP contribution >= 0.6 is 22.6 Å². The van der Waals surface area contributed by atoms with Crippen LogP contribution in [0.1, 0.15) is 19.8 Å². The van der Waals surface area contributed by atoms with Crippen molar-refractivity contribution in [2.45, 2.75) is 19.8 Å². The van der Waals surface area contributed by atoms with Crippen LogP contribution in [0.3, 0.4) is 0 Å². The van der Waals surface area contributed by atoms with Gasteiger partial charge in [0.1, 0.15) is 0 Å². The van der Waals surface area contributed by atoms with E-state index >= 15 is 0 Å². The van der Waals surface area contributed by atoms with Gasteiger partial charge in [0, 0.05) is 22.3 Å². The van der Waals surface area contributed by atoms with Gasteiger partial charge in [0.05, 0.1) is 11.7 Å². The summed E-state index contributed by atoms with van der Waals surface area (Å²) in [5.74, 6) is -0.302. The van der Waals surface area contributed by atoms with Gasteiger partial charge in [-0.05, 0) is 60.6 Å². The van der Waals surface area contributed by atoms with Crippen LogP contribution < -0.4 is 5.32 Å². The molecule has 1 saturated heterocycles. The minimum Gasteiger partial charge on any atom is -0.326 e. The maximum atomic E-state index is 12.3. The molecule has 1 amide bonds. The van der Waals surface area contributed by atoms with Gasteiger partial charge in [-0.15, -0.1) is 0 Å². The number of rotatable bonds is 4. The minimum absolute atomic E-state index is 0.0816. The third kappa shape index (κ3) is 4.40. The molecule has 1 heterocycles. The number of carbonyl (C=O) groups is 1. The predicted molar refractivity (Wildman–Crippen MR) is 91.5 cm³/mol. The molecule has 1 aromatic rings. The molecule has 5 nitrogen and oxygen atoms in total. The molecule has 1 aliphatic heterocycles. The molecule has 0 saturated carbocycles. The van der Waals surface area contributed by atoms with Crippen molar-refractivity contribution in [2.75, 3.05) is 24.2 Å². The molecular formula is C14H19IN2O3S. The Bertz CT molecular complexity index is 618. The highest BCUT2D eigenvalue weighted by Gasteiger charge is 2.31. The van der Waals surface area contributed by atoms with Crippen LogP contribution in [-0.2, 0) is 14.8 Å². The Morgan fingerprint density at radius 3 is 2.90 bits per heavy atom. The summed E-state index contributed by atoms with van der Waals surface area (Å²) in [6.45, 7) is 2.43. The van der Waals surface area contributed by atoms with E-state index in [0.29, 0.717) is 6.54 Å². The molecule has 1 atom stereocenters. The van der Waals surface area contributed by atoms with Crippen molar-refractivity contribution in [3.8, 4) is 0 Å². The summed E-state index contributed by atoms with van der Waals surface area (Å²) in [7, 11) is -3.22. The average Bonchev–Trinajstić information content (AvgIpc) is 2.47. The first-order chi connectivity index (χ1) is 9.92. The van der Waals surface area contributed by atoms with Gasteiger partial charge < -0.3 is 5.32 Å². The van der Waals surface area contributed by atoms with Gasteiger partial charge in [0.15, 0.2) is 0 Å². The highest BCUT2D eigenvalue weighted by atomic mass is 127. The molecular weight excluding hydrogens is 403 g/mol. The lowest BCUT2D eigenvalue weighted by molar-refractivity contribution is -0.120. The third-order valence-corrected chi connectivity index (χ3v) is 6.12. The molecule has 1 N–H and O–H groups in total. The number of anilines is 1. The minimum atomic E-state index is -3.22. The first kappa shape index (κ1) is 16.7. The monoisotopic (exact) mass is 422 g/mol. The number of benzene rings is 1. The number of nitrogens with zero attached hydrogens (tertiary/aromatic N) is 1. The van der Waals surface area contributed by atoms with E-state index in [2.05, 4.69) is 27.9 Å². The average molecular weight is 422 g/mol. The standard InChI is InChI=1S/C14H19IN2O3S/c1-2-21(19,20)17-8-4-5-11(10-17)14(18)16-13-7-3-6-12(15)9-13/h3,6-7,9,11H,2,4-5,8,10H2,1H3,(H,16,18). The third-order valence-electron chi connectivity index (χ3n) is 3.61. The summed E-state index contributed by atoms with van der Waals surface area (Å²) in [5, 5.41) is 2.88. The van der Waals surface area contributed by atoms with Crippen LogP contribution in [-0.4, -0.2) is 37.5 Å². The summed E-state index contributed by atoms with van der Waals surface area (Å²) >= 11 is 2.19. The second-order valence-electron chi connectivity index (χ2n) is 5.10. The highest BCUT2D eigenvalue weighted by Crippen LogP contribution is 2.21. The van der Waals surface area contributed by atoms with Crippen molar-refractivity contribution < 1.29 is 13.2 Å². The van der Waals surface area contributed by atoms with Gasteiger partial charge in [-0.2, -0.15) is 0 Å². The first-order valence-corrected chi connectivity index (χ1v) is 9.65. The Labute approximate surface area is 139 Å². The van der Waals surface area contributed by atoms with Crippen molar-refractivity contribution in [3.05, 3.63) is 27.8 Å². The molecule has 0 aliphatic carbocycles. The molecule has 0 radical (unpaired) electrons. The normalized spacial score (nSPS) is 20.2. The maximum Gasteiger partial charge on any atom is 0.228 e. The number of carbonyl (C=O) groups excluding carboxylic acids is 1. The van der Waals surface area contributed by atoms with Crippen molar-refractivity contribution in [1.82, 2.24) is 4.31 Å². The van der Waals surface area contributed by atoms with Gasteiger partial charge >= 0.3 is 0 Å². The molecule has 0 spiro atoms. The zero-order valence-electron chi connectivity index (χ0n) is 11.9. The molecule has 21 heavy (non-hydrogen) atoms. The Morgan fingerprint density at radius 2 is 2.24 bits per heavy atom. The van der Waals surface area contributed by atoms with E-state index in [1.54, 1.807) is 6.92 Å². The molecule has 2 rings (SSSR count). The van der Waals surface area contributed by atoms with Crippen molar-refractivity contribution >= 4 is 44.2 Å². The van der Waals surface area contributed by atoms with E-state index in [1.165, 1.54) is 4.31 Å². The number of nitrogens with one attached hydrogen (secondary N) is 1. The fraction of sp³-hybridized carbons (Fsp3) is 0.500. The van der Waals surface area contributed by atoms with Crippen LogP contribution in [0.4, 0.5) is 5.69 Å². The second kappa shape index (κ2) is 7.06. The van der Waals surface area contributed by atoms with Crippen LogP contribution in [0.2, 0.25) is 0 Å². The van der Waals surface area contributed by atoms with E-state index in [0.717, 1.165) is 22.1 Å². The molecule has 116 valence electrons. The van der Waals surface area contributed by atoms with Crippen molar-refractivity contribution in [1.29, 1.82) is 0 Å². The quantitative estimate of drug-likeness (QED) is 0.758. The van der Waals surface area contributed by atoms with Gasteiger partial charge in [-0.1, -0.05) is 6.07 Å². The van der Waals surface area contributed by atoms with Crippen LogP contribution in [0.5, 0.6) is 0 Å². The summed E-state index contributed by atoms with van der Waals surface area (Å²) in [6, 6.07) is 7.56. The molecule has 1 fully saturated rings. The van der Waals surface area contributed by atoms with Gasteiger partial charge in [0.25, 0.3) is 0 Å². The molecule has 1 aromatic carbocycles. The first-order valence-electron chi connectivity index (χ1n) is 6.96. The maximum absolute atomic E-state index is 12.3. The number of amides is 1. The Morgan fingerprint density at radius 1 is 1.48 bits per heavy atom. The molecule has 0 bridgehead atoms. The zero-order valence-corrected chi connectivity index (χ0v) is 14.9. The predicted octanol–water partition coefficient (Wildman–Crippen LogP) is 2.29. The summed E-state index contributed by atoms with van der Waals surface area (Å²) in [6.07, 6.45) is 1.45. The number of hydrogen-bond donors (Lipinski definition) is 1. The fourth-order valence-electron chi connectivity index (χ4n) is 2.40. The van der Waals surface area contributed by atoms with Crippen molar-refractivity contribution in [2.24, 2.45) is 5.92 Å². The molecule has 1 unspecified atom stereocenters. The topological polar surface area (TPSA) is 66.5 Å². The lowest BCUT2D eigenvalue weighted by Gasteiger charge is -2.30. The molecule has 1 aliphatic rings. The smallest absolute Gasteiger partial charge is 0.228 e. The summed E-state index contributed by atoms with van der Waals surface area (Å²) in [5.41, 5.74) is 0.752. The molecule has 0 aromatic heterocycles. The van der Waals surface area contributed by atoms with Crippen LogP contribution in [0, 0.1) is 9.49 Å². The lowest BCUT2D eigenvalue weighted by atomic mass is 9.99. The summed E-state index contributed by atoms with van der Waals surface area (Å²) in [4.78, 5) is 12.3. The van der Waals surface area contributed by atoms with Crippen LogP contribution in [0.25, 0.3) is 0 Å². The van der Waals surface area contributed by atoms with Crippen molar-refractivity contribution in [3.63, 3.8) is 0 Å². The van der Waals surface area contributed by atoms with E-state index in [-0.39, 0.29) is 24.1 Å². The Balaban J connectivity index is 2.02. The number of piperidine rings is 1. The largest absolute Gasteiger partial charge is 0.326 e. The SMILES string of the molecule is CCS(=O)(=O)N1CCCC(C(=O)Nc2cccc(I)c2)C1. The number of sulfonamides is 1. The van der Waals surface area contributed by atoms with E-state index in [9.17, 15) is 13.2 Å². The van der Waals surface area contributed by atoms with Gasteiger partial charge in [0.2, 0.25) is 15.9 Å². The van der Waals surface area contributed by atoms with Gasteiger partial charge in [-0.25, -0.2) is 12.7 Å². The second-order valence-corrected chi connectivity index (χ2v) is 8.60. The van der Waals surface area contributed by atoms with Crippen LogP contribution in [0.15, 0.2) is 24.3 Å².